The number of carbonyl (C=O) groups is 1. The number of hydrogen-bond donors (Lipinski definition) is 1. The molecule has 2 aromatic heterocycles. The Balaban J connectivity index is 1.39. The van der Waals surface area contributed by atoms with E-state index in [1.54, 1.807) is 41.1 Å². The van der Waals surface area contributed by atoms with Crippen LogP contribution >= 0.6 is 11.6 Å². The van der Waals surface area contributed by atoms with Gasteiger partial charge < -0.3 is 5.32 Å². The minimum Gasteiger partial charge on any atom is -0.333 e. The first kappa shape index (κ1) is 24.6. The van der Waals surface area contributed by atoms with Crippen LogP contribution in [0, 0.1) is 23.0 Å². The summed E-state index contributed by atoms with van der Waals surface area (Å²) in [5.41, 5.74) is 4.37. The number of pyridine rings is 1. The van der Waals surface area contributed by atoms with E-state index in [2.05, 4.69) is 21.3 Å². The lowest BCUT2D eigenvalue weighted by Gasteiger charge is -2.27. The molecular weight excluding hydrogens is 496 g/mol. The predicted molar refractivity (Wildman–Crippen MR) is 138 cm³/mol. The van der Waals surface area contributed by atoms with E-state index >= 15 is 0 Å². The van der Waals surface area contributed by atoms with Crippen molar-refractivity contribution in [1.82, 2.24) is 19.8 Å². The number of benzene rings is 2. The molecule has 4 aromatic rings. The summed E-state index contributed by atoms with van der Waals surface area (Å²) < 4.78 is 28.6. The molecule has 0 atom stereocenters. The zero-order valence-electron chi connectivity index (χ0n) is 19.7. The van der Waals surface area contributed by atoms with Crippen LogP contribution < -0.4 is 5.32 Å². The second kappa shape index (κ2) is 10.5. The minimum atomic E-state index is -0.614. The van der Waals surface area contributed by atoms with E-state index in [0.29, 0.717) is 47.9 Å². The highest BCUT2D eigenvalue weighted by molar-refractivity contribution is 6.29. The van der Waals surface area contributed by atoms with Crippen LogP contribution in [-0.2, 0) is 19.5 Å². The lowest BCUT2D eigenvalue weighted by molar-refractivity contribution is 0.240. The molecule has 186 valence electrons. The molecule has 1 aliphatic heterocycles. The SMILES string of the molecule is N#Cc1ccc2c3c(n(C(=O)NCc4ccnc(Cl)c4)c2c1)CCN(C/C=C/c1cc(F)cc(F)c1)C3. The van der Waals surface area contributed by atoms with E-state index in [0.717, 1.165) is 28.3 Å². The highest BCUT2D eigenvalue weighted by Crippen LogP contribution is 2.31. The Labute approximate surface area is 217 Å². The van der Waals surface area contributed by atoms with Crippen LogP contribution in [0.4, 0.5) is 13.6 Å². The molecule has 0 bridgehead atoms. The van der Waals surface area contributed by atoms with Gasteiger partial charge in [-0.05, 0) is 53.1 Å². The maximum atomic E-state index is 13.5. The largest absolute Gasteiger partial charge is 0.333 e. The highest BCUT2D eigenvalue weighted by atomic mass is 35.5. The third-order valence-corrected chi connectivity index (χ3v) is 6.56. The lowest BCUT2D eigenvalue weighted by atomic mass is 10.0. The molecule has 0 aliphatic carbocycles. The molecule has 0 radical (unpaired) electrons. The van der Waals surface area contributed by atoms with Gasteiger partial charge in [-0.2, -0.15) is 5.26 Å². The predicted octanol–water partition coefficient (Wildman–Crippen LogP) is 5.67. The third kappa shape index (κ3) is 5.38. The van der Waals surface area contributed by atoms with Crippen LogP contribution in [-0.4, -0.2) is 33.6 Å². The maximum Gasteiger partial charge on any atom is 0.326 e. The van der Waals surface area contributed by atoms with Crippen molar-refractivity contribution in [2.45, 2.75) is 19.5 Å². The summed E-state index contributed by atoms with van der Waals surface area (Å²) in [6, 6.07) is 14.1. The topological polar surface area (TPSA) is 74.0 Å². The zero-order valence-corrected chi connectivity index (χ0v) is 20.5. The van der Waals surface area contributed by atoms with Gasteiger partial charge in [-0.15, -0.1) is 0 Å². The smallest absolute Gasteiger partial charge is 0.326 e. The fourth-order valence-electron chi connectivity index (χ4n) is 4.69. The number of nitrogens with one attached hydrogen (secondary N) is 1. The van der Waals surface area contributed by atoms with Gasteiger partial charge in [-0.25, -0.2) is 18.6 Å². The number of hydrogen-bond acceptors (Lipinski definition) is 4. The van der Waals surface area contributed by atoms with Gasteiger partial charge in [0.25, 0.3) is 0 Å². The minimum absolute atomic E-state index is 0.282. The first-order valence-corrected chi connectivity index (χ1v) is 12.1. The second-order valence-corrected chi connectivity index (χ2v) is 9.23. The molecular formula is C28H22ClF2N5O. The Morgan fingerprint density at radius 3 is 2.73 bits per heavy atom. The van der Waals surface area contributed by atoms with Gasteiger partial charge in [0.2, 0.25) is 0 Å². The summed E-state index contributed by atoms with van der Waals surface area (Å²) in [4.78, 5) is 19.5. The normalized spacial score (nSPS) is 13.6. The number of amides is 1. The average Bonchev–Trinajstić information content (AvgIpc) is 3.19. The summed E-state index contributed by atoms with van der Waals surface area (Å²) in [5, 5.41) is 13.7. The van der Waals surface area contributed by atoms with Gasteiger partial charge in [-0.1, -0.05) is 29.8 Å². The Morgan fingerprint density at radius 2 is 1.97 bits per heavy atom. The Morgan fingerprint density at radius 1 is 1.16 bits per heavy atom. The molecule has 0 fully saturated rings. The van der Waals surface area contributed by atoms with Crippen molar-refractivity contribution in [2.75, 3.05) is 13.1 Å². The lowest BCUT2D eigenvalue weighted by Crippen LogP contribution is -2.34. The van der Waals surface area contributed by atoms with E-state index < -0.39 is 11.6 Å². The van der Waals surface area contributed by atoms with E-state index in [4.69, 9.17) is 11.6 Å². The van der Waals surface area contributed by atoms with Crippen LogP contribution in [0.5, 0.6) is 0 Å². The molecule has 3 heterocycles. The first-order chi connectivity index (χ1) is 17.9. The number of aromatic nitrogens is 2. The van der Waals surface area contributed by atoms with Gasteiger partial charge in [0.05, 0.1) is 17.1 Å². The fourth-order valence-corrected chi connectivity index (χ4v) is 4.89. The molecule has 0 unspecified atom stereocenters. The third-order valence-electron chi connectivity index (χ3n) is 6.35. The van der Waals surface area contributed by atoms with Crippen molar-refractivity contribution in [3.8, 4) is 6.07 Å². The van der Waals surface area contributed by atoms with Crippen molar-refractivity contribution < 1.29 is 13.6 Å². The number of nitriles is 1. The highest BCUT2D eigenvalue weighted by Gasteiger charge is 2.26. The zero-order chi connectivity index (χ0) is 25.9. The van der Waals surface area contributed by atoms with E-state index in [1.165, 1.54) is 12.1 Å². The van der Waals surface area contributed by atoms with E-state index in [9.17, 15) is 18.8 Å². The number of carbonyl (C=O) groups excluding carboxylic acids is 1. The van der Waals surface area contributed by atoms with E-state index in [-0.39, 0.29) is 12.6 Å². The van der Waals surface area contributed by atoms with Crippen molar-refractivity contribution in [3.05, 3.63) is 106 Å². The van der Waals surface area contributed by atoms with E-state index in [1.807, 2.05) is 12.1 Å². The summed E-state index contributed by atoms with van der Waals surface area (Å²) >= 11 is 5.96. The van der Waals surface area contributed by atoms with Gasteiger partial charge in [0.1, 0.15) is 16.8 Å². The van der Waals surface area contributed by atoms with Crippen molar-refractivity contribution >= 4 is 34.6 Å². The van der Waals surface area contributed by atoms with Gasteiger partial charge in [0.15, 0.2) is 0 Å². The van der Waals surface area contributed by atoms with Crippen molar-refractivity contribution in [3.63, 3.8) is 0 Å². The molecule has 1 N–H and O–H groups in total. The molecule has 2 aromatic carbocycles. The maximum absolute atomic E-state index is 13.5. The number of fused-ring (bicyclic) bond motifs is 3. The number of nitrogens with zero attached hydrogens (tertiary/aromatic N) is 4. The van der Waals surface area contributed by atoms with Crippen LogP contribution in [0.2, 0.25) is 5.15 Å². The molecule has 9 heteroatoms. The van der Waals surface area contributed by atoms with Crippen LogP contribution in [0.1, 0.15) is 27.9 Å². The van der Waals surface area contributed by atoms with Crippen LogP contribution in [0.3, 0.4) is 0 Å². The molecule has 1 aliphatic rings. The fraction of sp³-hybridized carbons (Fsp3) is 0.179. The summed E-state index contributed by atoms with van der Waals surface area (Å²) in [6.07, 6.45) is 5.79. The Bertz CT molecular complexity index is 1550. The molecule has 5 rings (SSSR count). The summed E-state index contributed by atoms with van der Waals surface area (Å²) in [7, 11) is 0. The standard InChI is InChI=1S/C28H22ClF2N5O/c29-27-13-20(5-7-33-27)16-34-28(37)36-25-6-9-35(8-1-2-18-10-21(30)14-22(31)11-18)17-24(25)23-4-3-19(15-32)12-26(23)36/h1-5,7,10-14H,6,8-9,16-17H2,(H,34,37)/b2-1+. The average molecular weight is 518 g/mol. The summed E-state index contributed by atoms with van der Waals surface area (Å²) in [5.74, 6) is -1.23. The molecule has 0 saturated heterocycles. The van der Waals surface area contributed by atoms with Crippen LogP contribution in [0.25, 0.3) is 17.0 Å². The Hall–Kier alpha value is -4.06. The Kier molecular flexibility index (Phi) is 6.99. The quantitative estimate of drug-likeness (QED) is 0.346. The van der Waals surface area contributed by atoms with Gasteiger partial charge in [-0.3, -0.25) is 9.47 Å². The number of rotatable bonds is 5. The van der Waals surface area contributed by atoms with Crippen LogP contribution in [0.15, 0.2) is 60.8 Å². The molecule has 6 nitrogen and oxygen atoms in total. The molecule has 37 heavy (non-hydrogen) atoms. The molecule has 0 saturated carbocycles. The monoisotopic (exact) mass is 517 g/mol. The van der Waals surface area contributed by atoms with Gasteiger partial charge >= 0.3 is 6.03 Å². The molecule has 0 spiro atoms. The molecule has 1 amide bonds. The van der Waals surface area contributed by atoms with Crippen molar-refractivity contribution in [2.24, 2.45) is 0 Å². The number of halogens is 3. The first-order valence-electron chi connectivity index (χ1n) is 11.7. The van der Waals surface area contributed by atoms with Gasteiger partial charge in [0, 0.05) is 55.9 Å². The van der Waals surface area contributed by atoms with Crippen molar-refractivity contribution in [1.29, 1.82) is 5.26 Å². The summed E-state index contributed by atoms with van der Waals surface area (Å²) in [6.45, 7) is 2.16. The second-order valence-electron chi connectivity index (χ2n) is 8.84.